The Hall–Kier alpha value is -2.20. The summed E-state index contributed by atoms with van der Waals surface area (Å²) in [6.07, 6.45) is 0. The molecule has 0 fully saturated rings. The maximum absolute atomic E-state index is 12.5. The van der Waals surface area contributed by atoms with Crippen LogP contribution in [-0.4, -0.2) is 27.1 Å². The predicted octanol–water partition coefficient (Wildman–Crippen LogP) is 3.60. The molecule has 4 nitrogen and oxygen atoms in total. The van der Waals surface area contributed by atoms with Crippen LogP contribution in [0, 0.1) is 0 Å². The highest BCUT2D eigenvalue weighted by Gasteiger charge is 2.16. The zero-order valence-electron chi connectivity index (χ0n) is 12.0. The van der Waals surface area contributed by atoms with Gasteiger partial charge in [-0.15, -0.1) is 0 Å². The lowest BCUT2D eigenvalue weighted by molar-refractivity contribution is 0.103. The standard InChI is InChI=1S/C16H15ClO4/c1-19-12-6-4-10(5-7-12)15(18)11-8-13(17)16(21-3)14(9-11)20-2/h4-9H,1-3H3. The topological polar surface area (TPSA) is 44.8 Å². The Morgan fingerprint density at radius 3 is 2.10 bits per heavy atom. The van der Waals surface area contributed by atoms with Gasteiger partial charge in [0.25, 0.3) is 0 Å². The zero-order valence-corrected chi connectivity index (χ0v) is 12.7. The van der Waals surface area contributed by atoms with Crippen molar-refractivity contribution in [3.63, 3.8) is 0 Å². The van der Waals surface area contributed by atoms with Crippen molar-refractivity contribution < 1.29 is 19.0 Å². The normalized spacial score (nSPS) is 10.1. The average Bonchev–Trinajstić information content (AvgIpc) is 2.53. The minimum Gasteiger partial charge on any atom is -0.497 e. The van der Waals surface area contributed by atoms with Gasteiger partial charge in [0.05, 0.1) is 26.4 Å². The van der Waals surface area contributed by atoms with Crippen molar-refractivity contribution in [2.45, 2.75) is 0 Å². The maximum atomic E-state index is 12.5. The Balaban J connectivity index is 2.40. The van der Waals surface area contributed by atoms with Gasteiger partial charge in [-0.2, -0.15) is 0 Å². The smallest absolute Gasteiger partial charge is 0.193 e. The van der Waals surface area contributed by atoms with E-state index in [1.807, 2.05) is 0 Å². The van der Waals surface area contributed by atoms with Crippen LogP contribution in [0.15, 0.2) is 36.4 Å². The van der Waals surface area contributed by atoms with E-state index in [4.69, 9.17) is 25.8 Å². The van der Waals surface area contributed by atoms with E-state index in [0.29, 0.717) is 33.4 Å². The van der Waals surface area contributed by atoms with E-state index in [1.54, 1.807) is 43.5 Å². The van der Waals surface area contributed by atoms with Crippen LogP contribution >= 0.6 is 11.6 Å². The molecule has 0 saturated carbocycles. The van der Waals surface area contributed by atoms with Gasteiger partial charge in [-0.05, 0) is 36.4 Å². The number of hydrogen-bond acceptors (Lipinski definition) is 4. The molecule has 0 unspecified atom stereocenters. The molecule has 0 radical (unpaired) electrons. The molecule has 2 aromatic rings. The summed E-state index contributed by atoms with van der Waals surface area (Å²) in [7, 11) is 4.56. The SMILES string of the molecule is COc1ccc(C(=O)c2cc(Cl)c(OC)c(OC)c2)cc1. The number of benzene rings is 2. The van der Waals surface area contributed by atoms with Gasteiger partial charge in [0, 0.05) is 11.1 Å². The van der Waals surface area contributed by atoms with Crippen LogP contribution in [-0.2, 0) is 0 Å². The van der Waals surface area contributed by atoms with Gasteiger partial charge in [-0.25, -0.2) is 0 Å². The molecule has 0 aromatic heterocycles. The molecular weight excluding hydrogens is 292 g/mol. The lowest BCUT2D eigenvalue weighted by Crippen LogP contribution is -2.03. The van der Waals surface area contributed by atoms with Crippen LogP contribution in [0.4, 0.5) is 0 Å². The average molecular weight is 307 g/mol. The van der Waals surface area contributed by atoms with Gasteiger partial charge in [0.2, 0.25) is 0 Å². The van der Waals surface area contributed by atoms with E-state index in [9.17, 15) is 4.79 Å². The van der Waals surface area contributed by atoms with Crippen LogP contribution in [0.1, 0.15) is 15.9 Å². The molecular formula is C16H15ClO4. The predicted molar refractivity (Wildman–Crippen MR) is 81.0 cm³/mol. The summed E-state index contributed by atoms with van der Waals surface area (Å²) in [6, 6.07) is 10.0. The summed E-state index contributed by atoms with van der Waals surface area (Å²) in [5.41, 5.74) is 0.974. The van der Waals surface area contributed by atoms with Crippen molar-refractivity contribution >= 4 is 17.4 Å². The molecule has 0 amide bonds. The van der Waals surface area contributed by atoms with Gasteiger partial charge >= 0.3 is 0 Å². The van der Waals surface area contributed by atoms with Crippen LogP contribution in [0.3, 0.4) is 0 Å². The van der Waals surface area contributed by atoms with Gasteiger partial charge in [0.15, 0.2) is 17.3 Å². The molecule has 0 atom stereocenters. The molecule has 0 aliphatic heterocycles. The number of methoxy groups -OCH3 is 3. The van der Waals surface area contributed by atoms with Crippen molar-refractivity contribution in [2.75, 3.05) is 21.3 Å². The van der Waals surface area contributed by atoms with Crippen LogP contribution in [0.25, 0.3) is 0 Å². The molecule has 0 N–H and O–H groups in total. The molecule has 0 spiro atoms. The number of halogens is 1. The molecule has 0 bridgehead atoms. The van der Waals surface area contributed by atoms with Gasteiger partial charge in [0.1, 0.15) is 5.75 Å². The number of rotatable bonds is 5. The van der Waals surface area contributed by atoms with Gasteiger partial charge in [-0.3, -0.25) is 4.79 Å². The van der Waals surface area contributed by atoms with Crippen LogP contribution in [0.5, 0.6) is 17.2 Å². The fraction of sp³-hybridized carbons (Fsp3) is 0.188. The first-order chi connectivity index (χ1) is 10.1. The molecule has 5 heteroatoms. The Labute approximate surface area is 128 Å². The fourth-order valence-corrected chi connectivity index (χ4v) is 2.25. The van der Waals surface area contributed by atoms with E-state index in [1.165, 1.54) is 14.2 Å². The Kier molecular flexibility index (Phi) is 4.70. The van der Waals surface area contributed by atoms with E-state index in [0.717, 1.165) is 0 Å². The summed E-state index contributed by atoms with van der Waals surface area (Å²) < 4.78 is 15.4. The zero-order chi connectivity index (χ0) is 15.4. The maximum Gasteiger partial charge on any atom is 0.193 e. The second-order valence-electron chi connectivity index (χ2n) is 4.25. The quantitative estimate of drug-likeness (QED) is 0.792. The molecule has 21 heavy (non-hydrogen) atoms. The van der Waals surface area contributed by atoms with Crippen molar-refractivity contribution in [1.29, 1.82) is 0 Å². The lowest BCUT2D eigenvalue weighted by Gasteiger charge is -2.11. The minimum absolute atomic E-state index is 0.152. The third kappa shape index (κ3) is 3.11. The number of carbonyl (C=O) groups is 1. The summed E-state index contributed by atoms with van der Waals surface area (Å²) in [5.74, 6) is 1.37. The number of ketones is 1. The van der Waals surface area contributed by atoms with Gasteiger partial charge in [-0.1, -0.05) is 11.6 Å². The summed E-state index contributed by atoms with van der Waals surface area (Å²) >= 11 is 6.12. The van der Waals surface area contributed by atoms with Crippen molar-refractivity contribution in [1.82, 2.24) is 0 Å². The highest BCUT2D eigenvalue weighted by Crippen LogP contribution is 2.36. The number of carbonyl (C=O) groups excluding carboxylic acids is 1. The number of ether oxygens (including phenoxy) is 3. The fourth-order valence-electron chi connectivity index (χ4n) is 1.96. The van der Waals surface area contributed by atoms with Gasteiger partial charge < -0.3 is 14.2 Å². The first-order valence-corrected chi connectivity index (χ1v) is 6.58. The van der Waals surface area contributed by atoms with E-state index < -0.39 is 0 Å². The first-order valence-electron chi connectivity index (χ1n) is 6.21. The van der Waals surface area contributed by atoms with E-state index in [2.05, 4.69) is 0 Å². The van der Waals surface area contributed by atoms with Crippen LogP contribution < -0.4 is 14.2 Å². The molecule has 2 rings (SSSR count). The molecule has 2 aromatic carbocycles. The monoisotopic (exact) mass is 306 g/mol. The highest BCUT2D eigenvalue weighted by molar-refractivity contribution is 6.33. The van der Waals surface area contributed by atoms with E-state index in [-0.39, 0.29) is 5.78 Å². The summed E-state index contributed by atoms with van der Waals surface area (Å²) in [4.78, 5) is 12.5. The summed E-state index contributed by atoms with van der Waals surface area (Å²) in [5, 5.41) is 0.328. The molecule has 110 valence electrons. The molecule has 0 heterocycles. The third-order valence-electron chi connectivity index (χ3n) is 3.05. The minimum atomic E-state index is -0.152. The highest BCUT2D eigenvalue weighted by atomic mass is 35.5. The Bertz CT molecular complexity index is 650. The molecule has 0 aliphatic rings. The Morgan fingerprint density at radius 1 is 0.905 bits per heavy atom. The second-order valence-corrected chi connectivity index (χ2v) is 4.66. The Morgan fingerprint density at radius 2 is 1.57 bits per heavy atom. The van der Waals surface area contributed by atoms with Crippen molar-refractivity contribution in [3.8, 4) is 17.2 Å². The van der Waals surface area contributed by atoms with Crippen LogP contribution in [0.2, 0.25) is 5.02 Å². The van der Waals surface area contributed by atoms with Crippen molar-refractivity contribution in [3.05, 3.63) is 52.5 Å². The third-order valence-corrected chi connectivity index (χ3v) is 3.33. The second kappa shape index (κ2) is 6.50. The number of hydrogen-bond donors (Lipinski definition) is 0. The summed E-state index contributed by atoms with van der Waals surface area (Å²) in [6.45, 7) is 0. The van der Waals surface area contributed by atoms with E-state index >= 15 is 0 Å². The van der Waals surface area contributed by atoms with Crippen molar-refractivity contribution in [2.24, 2.45) is 0 Å². The lowest BCUT2D eigenvalue weighted by atomic mass is 10.0. The molecule has 0 saturated heterocycles. The largest absolute Gasteiger partial charge is 0.497 e. The first kappa shape index (κ1) is 15.2. The molecule has 0 aliphatic carbocycles.